The number of benzene rings is 1. The van der Waals surface area contributed by atoms with E-state index in [-0.39, 0.29) is 0 Å². The highest BCUT2D eigenvalue weighted by atomic mass is 16.5. The fourth-order valence-corrected chi connectivity index (χ4v) is 2.64. The number of unbranched alkanes of at least 4 members (excludes halogenated alkanes) is 4. The molecular weight excluding hydrogens is 276 g/mol. The van der Waals surface area contributed by atoms with Crippen LogP contribution in [0.5, 0.6) is 5.75 Å². The van der Waals surface area contributed by atoms with Gasteiger partial charge in [0.05, 0.1) is 12.8 Å². The van der Waals surface area contributed by atoms with Crippen LogP contribution in [0, 0.1) is 0 Å². The molecule has 1 heterocycles. The highest BCUT2D eigenvalue weighted by Gasteiger charge is 2.17. The van der Waals surface area contributed by atoms with Gasteiger partial charge in [0, 0.05) is 18.7 Å². The summed E-state index contributed by atoms with van der Waals surface area (Å²) in [6.07, 6.45) is 6.16. The van der Waals surface area contributed by atoms with Crippen molar-refractivity contribution in [1.29, 1.82) is 0 Å². The van der Waals surface area contributed by atoms with Crippen LogP contribution in [0.2, 0.25) is 0 Å². The average molecular weight is 302 g/mol. The number of hydrogen-bond donors (Lipinski definition) is 1. The number of rotatable bonds is 9. The van der Waals surface area contributed by atoms with E-state index in [1.165, 1.54) is 25.7 Å². The van der Waals surface area contributed by atoms with Gasteiger partial charge in [0.15, 0.2) is 0 Å². The third-order valence-electron chi connectivity index (χ3n) is 3.83. The Kier molecular flexibility index (Phi) is 6.40. The molecule has 0 bridgehead atoms. The lowest BCUT2D eigenvalue weighted by Gasteiger charge is -2.11. The van der Waals surface area contributed by atoms with Crippen LogP contribution >= 0.6 is 0 Å². The van der Waals surface area contributed by atoms with Crippen LogP contribution in [0.1, 0.15) is 44.7 Å². The molecule has 0 amide bonds. The Morgan fingerprint density at radius 1 is 1.14 bits per heavy atom. The zero-order chi connectivity index (χ0) is 15.8. The SMILES string of the molecule is CCCCCCCn1nnc(CN)c1-c1ccccc1OC. The number of methoxy groups -OCH3 is 1. The molecule has 0 aliphatic rings. The fourth-order valence-electron chi connectivity index (χ4n) is 2.64. The zero-order valence-electron chi connectivity index (χ0n) is 13.6. The molecule has 0 radical (unpaired) electrons. The minimum atomic E-state index is 0.378. The quantitative estimate of drug-likeness (QED) is 0.721. The third kappa shape index (κ3) is 3.85. The first-order valence-electron chi connectivity index (χ1n) is 8.07. The van der Waals surface area contributed by atoms with Gasteiger partial charge in [-0.15, -0.1) is 5.10 Å². The van der Waals surface area contributed by atoms with Crippen LogP contribution in [0.3, 0.4) is 0 Å². The predicted octanol–water partition coefficient (Wildman–Crippen LogP) is 3.38. The second-order valence-corrected chi connectivity index (χ2v) is 5.43. The molecule has 0 aliphatic heterocycles. The molecule has 0 fully saturated rings. The summed E-state index contributed by atoms with van der Waals surface area (Å²) in [5.74, 6) is 0.826. The van der Waals surface area contributed by atoms with Gasteiger partial charge in [-0.05, 0) is 18.6 Å². The first-order valence-corrected chi connectivity index (χ1v) is 8.07. The van der Waals surface area contributed by atoms with Gasteiger partial charge in [0.2, 0.25) is 0 Å². The maximum atomic E-state index is 5.83. The Morgan fingerprint density at radius 2 is 1.91 bits per heavy atom. The summed E-state index contributed by atoms with van der Waals surface area (Å²) in [5.41, 5.74) is 8.63. The van der Waals surface area contributed by atoms with Gasteiger partial charge in [-0.1, -0.05) is 50.0 Å². The smallest absolute Gasteiger partial charge is 0.128 e. The Morgan fingerprint density at radius 3 is 2.64 bits per heavy atom. The summed E-state index contributed by atoms with van der Waals surface area (Å²) in [6, 6.07) is 7.94. The van der Waals surface area contributed by atoms with Crippen molar-refractivity contribution in [3.63, 3.8) is 0 Å². The molecule has 22 heavy (non-hydrogen) atoms. The number of nitrogens with zero attached hydrogens (tertiary/aromatic N) is 3. The lowest BCUT2D eigenvalue weighted by Crippen LogP contribution is -2.05. The number of ether oxygens (including phenoxy) is 1. The molecule has 5 heteroatoms. The van der Waals surface area contributed by atoms with Crippen LogP contribution in [0.4, 0.5) is 0 Å². The van der Waals surface area contributed by atoms with Crippen LogP contribution < -0.4 is 10.5 Å². The van der Waals surface area contributed by atoms with Gasteiger partial charge in [-0.2, -0.15) is 0 Å². The van der Waals surface area contributed by atoms with E-state index in [1.807, 2.05) is 28.9 Å². The van der Waals surface area contributed by atoms with Crippen molar-refractivity contribution in [3.05, 3.63) is 30.0 Å². The lowest BCUT2D eigenvalue weighted by molar-refractivity contribution is 0.415. The Labute approximate surface area is 132 Å². The van der Waals surface area contributed by atoms with E-state index in [1.54, 1.807) is 7.11 Å². The number of para-hydroxylation sites is 1. The number of aromatic nitrogens is 3. The molecule has 120 valence electrons. The summed E-state index contributed by atoms with van der Waals surface area (Å²) in [7, 11) is 1.68. The summed E-state index contributed by atoms with van der Waals surface area (Å²) in [4.78, 5) is 0. The Balaban J connectivity index is 2.20. The number of hydrogen-bond acceptors (Lipinski definition) is 4. The van der Waals surface area contributed by atoms with Crippen molar-refractivity contribution in [2.24, 2.45) is 5.73 Å². The maximum Gasteiger partial charge on any atom is 0.128 e. The Hall–Kier alpha value is -1.88. The van der Waals surface area contributed by atoms with E-state index in [4.69, 9.17) is 10.5 Å². The molecule has 0 spiro atoms. The first-order chi connectivity index (χ1) is 10.8. The Bertz CT molecular complexity index is 580. The van der Waals surface area contributed by atoms with Crippen molar-refractivity contribution in [1.82, 2.24) is 15.0 Å². The van der Waals surface area contributed by atoms with E-state index < -0.39 is 0 Å². The highest BCUT2D eigenvalue weighted by Crippen LogP contribution is 2.31. The van der Waals surface area contributed by atoms with Crippen LogP contribution in [-0.2, 0) is 13.1 Å². The van der Waals surface area contributed by atoms with E-state index in [0.717, 1.165) is 35.7 Å². The van der Waals surface area contributed by atoms with Gasteiger partial charge >= 0.3 is 0 Å². The first kappa shape index (κ1) is 16.5. The van der Waals surface area contributed by atoms with Crippen molar-refractivity contribution in [2.75, 3.05) is 7.11 Å². The molecule has 0 saturated heterocycles. The summed E-state index contributed by atoms with van der Waals surface area (Å²) in [6.45, 7) is 3.47. The van der Waals surface area contributed by atoms with Crippen LogP contribution in [0.15, 0.2) is 24.3 Å². The highest BCUT2D eigenvalue weighted by molar-refractivity contribution is 5.69. The minimum absolute atomic E-state index is 0.378. The molecule has 5 nitrogen and oxygen atoms in total. The molecule has 0 aliphatic carbocycles. The van der Waals surface area contributed by atoms with E-state index in [9.17, 15) is 0 Å². The molecular formula is C17H26N4O. The summed E-state index contributed by atoms with van der Waals surface area (Å²) < 4.78 is 7.44. The van der Waals surface area contributed by atoms with Crippen LogP contribution in [-0.4, -0.2) is 22.1 Å². The van der Waals surface area contributed by atoms with E-state index in [2.05, 4.69) is 17.2 Å². The second-order valence-electron chi connectivity index (χ2n) is 5.43. The largest absolute Gasteiger partial charge is 0.496 e. The van der Waals surface area contributed by atoms with Gasteiger partial charge < -0.3 is 10.5 Å². The van der Waals surface area contributed by atoms with Crippen molar-refractivity contribution in [3.8, 4) is 17.0 Å². The van der Waals surface area contributed by atoms with Crippen molar-refractivity contribution >= 4 is 0 Å². The van der Waals surface area contributed by atoms with Gasteiger partial charge in [-0.3, -0.25) is 0 Å². The van der Waals surface area contributed by atoms with Gasteiger partial charge in [0.1, 0.15) is 11.4 Å². The molecule has 1 aromatic carbocycles. The monoisotopic (exact) mass is 302 g/mol. The molecule has 2 N–H and O–H groups in total. The number of aryl methyl sites for hydroxylation is 1. The van der Waals surface area contributed by atoms with Gasteiger partial charge in [0.25, 0.3) is 0 Å². The van der Waals surface area contributed by atoms with E-state index in [0.29, 0.717) is 6.54 Å². The summed E-state index contributed by atoms with van der Waals surface area (Å²) in [5, 5.41) is 8.52. The molecule has 2 aromatic rings. The topological polar surface area (TPSA) is 66.0 Å². The van der Waals surface area contributed by atoms with Crippen LogP contribution in [0.25, 0.3) is 11.3 Å². The second kappa shape index (κ2) is 8.54. The standard InChI is InChI=1S/C17H26N4O/c1-3-4-5-6-9-12-21-17(15(13-18)19-20-21)14-10-7-8-11-16(14)22-2/h7-8,10-11H,3-6,9,12-13,18H2,1-2H3. The van der Waals surface area contributed by atoms with Gasteiger partial charge in [-0.25, -0.2) is 4.68 Å². The fraction of sp³-hybridized carbons (Fsp3) is 0.529. The van der Waals surface area contributed by atoms with E-state index >= 15 is 0 Å². The average Bonchev–Trinajstić information content (AvgIpc) is 2.97. The minimum Gasteiger partial charge on any atom is -0.496 e. The summed E-state index contributed by atoms with van der Waals surface area (Å²) >= 11 is 0. The van der Waals surface area contributed by atoms with Crippen molar-refractivity contribution in [2.45, 2.75) is 52.1 Å². The van der Waals surface area contributed by atoms with Crippen molar-refractivity contribution < 1.29 is 4.74 Å². The zero-order valence-corrected chi connectivity index (χ0v) is 13.6. The number of nitrogens with two attached hydrogens (primary N) is 1. The predicted molar refractivity (Wildman–Crippen MR) is 88.7 cm³/mol. The molecule has 0 unspecified atom stereocenters. The maximum absolute atomic E-state index is 5.83. The third-order valence-corrected chi connectivity index (χ3v) is 3.83. The normalized spacial score (nSPS) is 10.9. The molecule has 0 saturated carbocycles. The molecule has 1 aromatic heterocycles. The molecule has 2 rings (SSSR count). The molecule has 0 atom stereocenters. The lowest BCUT2D eigenvalue weighted by atomic mass is 10.1.